The Hall–Kier alpha value is -3.44. The van der Waals surface area contributed by atoms with Crippen LogP contribution in [0, 0.1) is 0 Å². The lowest BCUT2D eigenvalue weighted by Crippen LogP contribution is -2.45. The summed E-state index contributed by atoms with van der Waals surface area (Å²) in [4.78, 5) is 78.7. The Morgan fingerprint density at radius 3 is 2.23 bits per heavy atom. The minimum Gasteiger partial charge on any atom is -0.387 e. The van der Waals surface area contributed by atoms with Gasteiger partial charge in [-0.1, -0.05) is 0 Å². The van der Waals surface area contributed by atoms with E-state index in [-0.39, 0.29) is 41.2 Å². The molecule has 6 heterocycles. The molecule has 32 heteroatoms. The Balaban J connectivity index is 1.03. The lowest BCUT2D eigenvalue weighted by molar-refractivity contribution is -0.247. The van der Waals surface area contributed by atoms with Crippen LogP contribution in [0.1, 0.15) is 20.1 Å². The highest BCUT2D eigenvalue weighted by atomic mass is 31.3. The van der Waals surface area contributed by atoms with Gasteiger partial charge in [-0.05, 0) is 13.8 Å². The first-order chi connectivity index (χ1) is 26.1. The molecule has 0 aromatic carbocycles. The van der Waals surface area contributed by atoms with Crippen LogP contribution in [-0.2, 0) is 50.6 Å². The summed E-state index contributed by atoms with van der Waals surface area (Å²) in [6.07, 6.45) is -11.2. The van der Waals surface area contributed by atoms with Crippen molar-refractivity contribution < 1.29 is 80.6 Å². The summed E-state index contributed by atoms with van der Waals surface area (Å²) in [6.45, 7) is 1.29. The maximum atomic E-state index is 12.6. The second kappa shape index (κ2) is 15.7. The third kappa shape index (κ3) is 8.83. The van der Waals surface area contributed by atoms with Crippen LogP contribution in [0.4, 0.5) is 23.4 Å². The van der Waals surface area contributed by atoms with E-state index in [1.54, 1.807) is 13.8 Å². The fourth-order valence-corrected chi connectivity index (χ4v) is 9.35. The molecular formula is C24H37N10O19P3. The lowest BCUT2D eigenvalue weighted by Gasteiger charge is -2.27. The molecule has 6 rings (SSSR count). The van der Waals surface area contributed by atoms with Crippen molar-refractivity contribution >= 4 is 58.0 Å². The number of anilines is 4. The van der Waals surface area contributed by atoms with E-state index in [9.17, 15) is 53.3 Å². The van der Waals surface area contributed by atoms with E-state index >= 15 is 0 Å². The first kappa shape index (κ1) is 42.2. The number of nitrogens with two attached hydrogens (primary N) is 2. The monoisotopic (exact) mass is 862 g/mol. The van der Waals surface area contributed by atoms with Crippen LogP contribution in [0.2, 0.25) is 0 Å². The number of hydrogen-bond donors (Lipinski definition) is 10. The van der Waals surface area contributed by atoms with Crippen molar-refractivity contribution in [3.63, 3.8) is 0 Å². The van der Waals surface area contributed by atoms with Gasteiger partial charge in [0.2, 0.25) is 11.9 Å². The molecule has 0 spiro atoms. The summed E-state index contributed by atoms with van der Waals surface area (Å²) in [5.41, 5.74) is 9.86. The quantitative estimate of drug-likeness (QED) is 0.0415. The molecule has 56 heavy (non-hydrogen) atoms. The molecule has 3 aliphatic heterocycles. The van der Waals surface area contributed by atoms with Crippen LogP contribution in [0.3, 0.4) is 0 Å². The predicted octanol–water partition coefficient (Wildman–Crippen LogP) is -2.92. The summed E-state index contributed by atoms with van der Waals surface area (Å²) in [5.74, 6) is -0.523. The van der Waals surface area contributed by atoms with Gasteiger partial charge in [-0.15, -0.1) is 4.67 Å². The number of aliphatic hydroxyl groups excluding tert-OH is 3. The standard InChI is InChI=1S/C24H37N10O19P3/c1-8(2)48-16-10(50-22(15(16)37)33-6-27-11-17(33)28-23(25)30-19(11)38)4-46-51-55(42,43)53-56(44,45)52-54(40,41)47-5-9-13(35)14(36)21(49-9)34-7-32(3)12-18(34)29-24(26)31-20(12)39/h6,8-10,13-16,21-22,35-37H,4-5,7H2,1-3H3,(H,40,41)(H,42,43)(H,44,45)(H3,25,28,30,38)(H3,26,29,31,39)/t9-,10-,13+,14?,15+,16?,21-,22-/m1/s1. The number of aromatic amines is 2. The van der Waals surface area contributed by atoms with Crippen molar-refractivity contribution in [2.45, 2.75) is 69.0 Å². The molecule has 2 fully saturated rings. The third-order valence-corrected chi connectivity index (χ3v) is 12.3. The first-order valence-corrected chi connectivity index (χ1v) is 20.5. The molecule has 0 radical (unpaired) electrons. The van der Waals surface area contributed by atoms with Gasteiger partial charge in [0.25, 0.3) is 11.1 Å². The van der Waals surface area contributed by atoms with Gasteiger partial charge in [0.1, 0.15) is 48.9 Å². The number of nitrogen functional groups attached to an aromatic ring is 2. The van der Waals surface area contributed by atoms with E-state index in [4.69, 9.17) is 30.6 Å². The van der Waals surface area contributed by atoms with Gasteiger partial charge in [0.15, 0.2) is 29.4 Å². The zero-order valence-electron chi connectivity index (χ0n) is 29.1. The van der Waals surface area contributed by atoms with Crippen molar-refractivity contribution in [1.82, 2.24) is 29.5 Å². The van der Waals surface area contributed by atoms with E-state index in [1.807, 2.05) is 0 Å². The molecule has 0 amide bonds. The van der Waals surface area contributed by atoms with Gasteiger partial charge in [-0.2, -0.15) is 18.6 Å². The topological polar surface area (TPSA) is 414 Å². The number of ether oxygens (including phenoxy) is 3. The van der Waals surface area contributed by atoms with Crippen LogP contribution >= 0.6 is 23.5 Å². The molecule has 29 nitrogen and oxygen atoms in total. The summed E-state index contributed by atoms with van der Waals surface area (Å²) < 4.78 is 72.8. The van der Waals surface area contributed by atoms with Gasteiger partial charge in [0.05, 0.1) is 25.7 Å². The van der Waals surface area contributed by atoms with Crippen LogP contribution in [0.25, 0.3) is 11.2 Å². The summed E-state index contributed by atoms with van der Waals surface area (Å²) in [5, 5.41) is 32.3. The van der Waals surface area contributed by atoms with E-state index in [1.165, 1.54) is 21.4 Å². The second-order valence-electron chi connectivity index (χ2n) is 12.7. The first-order valence-electron chi connectivity index (χ1n) is 16.0. The number of imidazole rings is 1. The van der Waals surface area contributed by atoms with Gasteiger partial charge >= 0.3 is 23.5 Å². The number of H-pyrrole nitrogens is 2. The molecule has 11 atom stereocenters. The Morgan fingerprint density at radius 1 is 0.893 bits per heavy atom. The van der Waals surface area contributed by atoms with Crippen molar-refractivity contribution in [2.75, 3.05) is 48.2 Å². The van der Waals surface area contributed by atoms with E-state index < -0.39 is 103 Å². The number of rotatable bonds is 15. The molecular weight excluding hydrogens is 825 g/mol. The van der Waals surface area contributed by atoms with Crippen molar-refractivity contribution in [3.8, 4) is 0 Å². The van der Waals surface area contributed by atoms with Gasteiger partial charge in [0, 0.05) is 7.05 Å². The molecule has 3 aromatic heterocycles. The van der Waals surface area contributed by atoms with Crippen molar-refractivity contribution in [3.05, 3.63) is 27.0 Å². The summed E-state index contributed by atoms with van der Waals surface area (Å²) >= 11 is 0. The van der Waals surface area contributed by atoms with Gasteiger partial charge < -0.3 is 65.5 Å². The number of fused-ring (bicyclic) bond motifs is 2. The highest BCUT2D eigenvalue weighted by Crippen LogP contribution is 2.67. The fraction of sp³-hybridized carbons (Fsp3) is 0.625. The Bertz CT molecular complexity index is 2210. The maximum absolute atomic E-state index is 12.6. The lowest BCUT2D eigenvalue weighted by atomic mass is 10.1. The number of nitrogens with one attached hydrogen (secondary N) is 2. The molecule has 0 saturated carbocycles. The van der Waals surface area contributed by atoms with Crippen molar-refractivity contribution in [2.24, 2.45) is 0 Å². The number of phosphoric acid groups is 3. The average Bonchev–Trinajstić information content (AvgIpc) is 3.78. The van der Waals surface area contributed by atoms with Crippen LogP contribution in [0.5, 0.6) is 0 Å². The molecule has 312 valence electrons. The van der Waals surface area contributed by atoms with Crippen LogP contribution in [0.15, 0.2) is 15.9 Å². The minimum absolute atomic E-state index is 0.00688. The molecule has 3 aromatic rings. The number of aromatic nitrogens is 6. The predicted molar refractivity (Wildman–Crippen MR) is 183 cm³/mol. The second-order valence-corrected chi connectivity index (χ2v) is 17.2. The zero-order chi connectivity index (χ0) is 41.1. The SMILES string of the molecule is CC(C)OC1[C@@H](COOP(=O)(O)OP(=O)(O)OP(=O)(O)OC[C@H]2O[C@@H](N3CN(C)c4c3nc(N)[nH]c4=O)C(O)[C@H]2O)O[C@@H](n2cnc3c(=O)[nH]c(N)nc32)[C@H]1O. The Labute approximate surface area is 312 Å². The average molecular weight is 863 g/mol. The fourth-order valence-electron chi connectivity index (χ4n) is 6.05. The van der Waals surface area contributed by atoms with Gasteiger partial charge in [-0.3, -0.25) is 28.6 Å². The Kier molecular flexibility index (Phi) is 11.8. The zero-order valence-corrected chi connectivity index (χ0v) is 31.7. The van der Waals surface area contributed by atoms with E-state index in [2.05, 4.69) is 42.7 Å². The summed E-state index contributed by atoms with van der Waals surface area (Å²) in [7, 11) is -16.0. The summed E-state index contributed by atoms with van der Waals surface area (Å²) in [6, 6.07) is 0. The number of nitrogens with zero attached hydrogens (tertiary/aromatic N) is 6. The number of aliphatic hydroxyl groups is 3. The molecule has 3 aliphatic rings. The minimum atomic E-state index is -6.01. The molecule has 0 bridgehead atoms. The van der Waals surface area contributed by atoms with Crippen molar-refractivity contribution in [1.29, 1.82) is 0 Å². The van der Waals surface area contributed by atoms with E-state index in [0.717, 1.165) is 6.33 Å². The third-order valence-electron chi connectivity index (χ3n) is 8.21. The van der Waals surface area contributed by atoms with Gasteiger partial charge in [-0.25, -0.2) is 23.6 Å². The van der Waals surface area contributed by atoms with Crippen LogP contribution in [-0.4, -0.2) is 135 Å². The molecule has 0 aliphatic carbocycles. The number of phosphoric ester groups is 1. The number of hydrogen-bond acceptors (Lipinski definition) is 23. The van der Waals surface area contributed by atoms with E-state index in [0.29, 0.717) is 0 Å². The Morgan fingerprint density at radius 2 is 1.54 bits per heavy atom. The maximum Gasteiger partial charge on any atom is 0.508 e. The highest BCUT2D eigenvalue weighted by Gasteiger charge is 2.51. The highest BCUT2D eigenvalue weighted by molar-refractivity contribution is 7.66. The molecule has 2 saturated heterocycles. The molecule has 12 N–H and O–H groups in total. The normalized spacial score (nSPS) is 29.8. The van der Waals surface area contributed by atoms with Crippen LogP contribution < -0.4 is 32.4 Å². The smallest absolute Gasteiger partial charge is 0.387 e. The molecule has 5 unspecified atom stereocenters. The largest absolute Gasteiger partial charge is 0.508 e.